The summed E-state index contributed by atoms with van der Waals surface area (Å²) in [5.41, 5.74) is 0.793. The predicted molar refractivity (Wildman–Crippen MR) is 80.1 cm³/mol. The normalized spacial score (nSPS) is 11.4. The number of aromatic hydroxyl groups is 1. The fraction of sp³-hybridized carbons (Fsp3) is 0. The number of phenols is 1. The van der Waals surface area contributed by atoms with Gasteiger partial charge in [-0.3, -0.25) is 0 Å². The van der Waals surface area contributed by atoms with Crippen LogP contribution < -0.4 is 0 Å². The van der Waals surface area contributed by atoms with Crippen molar-refractivity contribution in [1.82, 2.24) is 0 Å². The van der Waals surface area contributed by atoms with Gasteiger partial charge in [-0.25, -0.2) is 4.79 Å². The summed E-state index contributed by atoms with van der Waals surface area (Å²) in [6, 6.07) is 10.9. The van der Waals surface area contributed by atoms with Crippen LogP contribution >= 0.6 is 23.2 Å². The van der Waals surface area contributed by atoms with Gasteiger partial charge in [-0.05, 0) is 35.9 Å². The third-order valence-electron chi connectivity index (χ3n) is 2.68. The molecule has 0 amide bonds. The second-order valence-electron chi connectivity index (χ2n) is 4.05. The molecule has 2 N–H and O–H groups in total. The van der Waals surface area contributed by atoms with Crippen LogP contribution in [-0.4, -0.2) is 16.2 Å². The number of carboxylic acid groups (broad SMARTS) is 1. The Morgan fingerprint density at radius 2 is 1.65 bits per heavy atom. The van der Waals surface area contributed by atoms with Gasteiger partial charge in [0.25, 0.3) is 0 Å². The maximum atomic E-state index is 11.4. The van der Waals surface area contributed by atoms with E-state index in [4.69, 9.17) is 23.2 Å². The molecular weight excluding hydrogens is 299 g/mol. The topological polar surface area (TPSA) is 57.5 Å². The lowest BCUT2D eigenvalue weighted by Gasteiger charge is -2.06. The summed E-state index contributed by atoms with van der Waals surface area (Å²) in [4.78, 5) is 11.4. The molecule has 0 radical (unpaired) electrons. The Labute approximate surface area is 125 Å². The number of carboxylic acids is 1. The Bertz CT molecular complexity index is 673. The average molecular weight is 309 g/mol. The fourth-order valence-electron chi connectivity index (χ4n) is 1.73. The van der Waals surface area contributed by atoms with Gasteiger partial charge in [0, 0.05) is 15.6 Å². The van der Waals surface area contributed by atoms with Gasteiger partial charge in [-0.2, -0.15) is 0 Å². The summed E-state index contributed by atoms with van der Waals surface area (Å²) in [5.74, 6) is -1.15. The van der Waals surface area contributed by atoms with Crippen molar-refractivity contribution in [2.45, 2.75) is 0 Å². The maximum absolute atomic E-state index is 11.4. The molecule has 2 rings (SSSR count). The summed E-state index contributed by atoms with van der Waals surface area (Å²) in [6.07, 6.45) is 1.39. The molecule has 3 nitrogen and oxygen atoms in total. The van der Waals surface area contributed by atoms with Crippen molar-refractivity contribution in [3.8, 4) is 5.75 Å². The zero-order valence-corrected chi connectivity index (χ0v) is 11.7. The van der Waals surface area contributed by atoms with Gasteiger partial charge in [-0.1, -0.05) is 41.4 Å². The minimum Gasteiger partial charge on any atom is -0.508 e. The first-order valence-electron chi connectivity index (χ1n) is 5.67. The van der Waals surface area contributed by atoms with Crippen molar-refractivity contribution in [1.29, 1.82) is 0 Å². The third kappa shape index (κ3) is 3.13. The Kier molecular flexibility index (Phi) is 4.32. The summed E-state index contributed by atoms with van der Waals surface area (Å²) in [6.45, 7) is 0. The molecule has 20 heavy (non-hydrogen) atoms. The first-order valence-corrected chi connectivity index (χ1v) is 6.43. The lowest BCUT2D eigenvalue weighted by molar-refractivity contribution is -0.130. The molecule has 0 atom stereocenters. The van der Waals surface area contributed by atoms with Gasteiger partial charge in [0.15, 0.2) is 0 Å². The van der Waals surface area contributed by atoms with Crippen molar-refractivity contribution in [2.24, 2.45) is 0 Å². The second-order valence-corrected chi connectivity index (χ2v) is 4.86. The molecule has 0 heterocycles. The largest absolute Gasteiger partial charge is 0.508 e. The summed E-state index contributed by atoms with van der Waals surface area (Å²) in [5, 5.41) is 19.5. The monoisotopic (exact) mass is 308 g/mol. The SMILES string of the molecule is O=C(O)/C(=C\c1c(Cl)cccc1Cl)c1cccc(O)c1. The van der Waals surface area contributed by atoms with E-state index in [0.717, 1.165) is 0 Å². The Balaban J connectivity index is 2.60. The minimum absolute atomic E-state index is 0.00380. The van der Waals surface area contributed by atoms with Crippen molar-refractivity contribution < 1.29 is 15.0 Å². The Morgan fingerprint density at radius 1 is 1.05 bits per heavy atom. The number of hydrogen-bond acceptors (Lipinski definition) is 2. The highest BCUT2D eigenvalue weighted by molar-refractivity contribution is 6.38. The number of rotatable bonds is 3. The number of carbonyl (C=O) groups is 1. The van der Waals surface area contributed by atoms with Crippen LogP contribution in [0, 0.1) is 0 Å². The van der Waals surface area contributed by atoms with Crippen LogP contribution in [0.2, 0.25) is 10.0 Å². The third-order valence-corrected chi connectivity index (χ3v) is 3.34. The van der Waals surface area contributed by atoms with E-state index < -0.39 is 5.97 Å². The van der Waals surface area contributed by atoms with Gasteiger partial charge in [0.2, 0.25) is 0 Å². The molecule has 0 aliphatic carbocycles. The van der Waals surface area contributed by atoms with E-state index in [-0.39, 0.29) is 11.3 Å². The number of hydrogen-bond donors (Lipinski definition) is 2. The van der Waals surface area contributed by atoms with Gasteiger partial charge in [0.1, 0.15) is 5.75 Å². The maximum Gasteiger partial charge on any atom is 0.336 e. The molecular formula is C15H10Cl2O3. The van der Waals surface area contributed by atoms with Crippen LogP contribution in [-0.2, 0) is 4.79 Å². The van der Waals surface area contributed by atoms with E-state index in [0.29, 0.717) is 21.2 Å². The number of halogens is 2. The van der Waals surface area contributed by atoms with E-state index in [2.05, 4.69) is 0 Å². The molecule has 2 aromatic rings. The Morgan fingerprint density at radius 3 is 2.20 bits per heavy atom. The number of phenolic OH excluding ortho intramolecular Hbond substituents is 1. The van der Waals surface area contributed by atoms with Crippen molar-refractivity contribution in [3.63, 3.8) is 0 Å². The van der Waals surface area contributed by atoms with E-state index >= 15 is 0 Å². The number of benzene rings is 2. The van der Waals surface area contributed by atoms with Crippen LogP contribution in [0.5, 0.6) is 5.75 Å². The van der Waals surface area contributed by atoms with Gasteiger partial charge >= 0.3 is 5.97 Å². The zero-order chi connectivity index (χ0) is 14.7. The van der Waals surface area contributed by atoms with Gasteiger partial charge < -0.3 is 10.2 Å². The molecule has 0 bridgehead atoms. The highest BCUT2D eigenvalue weighted by Gasteiger charge is 2.13. The van der Waals surface area contributed by atoms with Crippen LogP contribution in [0.25, 0.3) is 11.6 Å². The standard InChI is InChI=1S/C15H10Cl2O3/c16-13-5-2-6-14(17)12(13)8-11(15(19)20)9-3-1-4-10(18)7-9/h1-8,18H,(H,19,20)/b11-8-. The predicted octanol–water partition coefficient (Wildman–Crippen LogP) is 4.32. The first kappa shape index (κ1) is 14.4. The summed E-state index contributed by atoms with van der Waals surface area (Å²) in [7, 11) is 0. The molecule has 0 saturated carbocycles. The molecule has 0 aliphatic rings. The molecule has 102 valence electrons. The molecule has 0 spiro atoms. The lowest BCUT2D eigenvalue weighted by atomic mass is 10.0. The summed E-state index contributed by atoms with van der Waals surface area (Å²) < 4.78 is 0. The highest BCUT2D eigenvalue weighted by atomic mass is 35.5. The lowest BCUT2D eigenvalue weighted by Crippen LogP contribution is -1.99. The first-order chi connectivity index (χ1) is 9.49. The van der Waals surface area contributed by atoms with Crippen molar-refractivity contribution in [3.05, 3.63) is 63.6 Å². The van der Waals surface area contributed by atoms with Crippen molar-refractivity contribution >= 4 is 40.8 Å². The molecule has 2 aromatic carbocycles. The van der Waals surface area contributed by atoms with E-state index in [1.807, 2.05) is 0 Å². The average Bonchev–Trinajstić information content (AvgIpc) is 2.38. The van der Waals surface area contributed by atoms with Crippen LogP contribution in [0.3, 0.4) is 0 Å². The smallest absolute Gasteiger partial charge is 0.336 e. The Hall–Kier alpha value is -1.97. The molecule has 0 aromatic heterocycles. The van der Waals surface area contributed by atoms with E-state index in [1.54, 1.807) is 30.3 Å². The molecule has 0 fully saturated rings. The second kappa shape index (κ2) is 5.99. The quantitative estimate of drug-likeness (QED) is 0.655. The fourth-order valence-corrected chi connectivity index (χ4v) is 2.24. The van der Waals surface area contributed by atoms with Gasteiger partial charge in [-0.15, -0.1) is 0 Å². The molecule has 0 aliphatic heterocycles. The van der Waals surface area contributed by atoms with Crippen LogP contribution in [0.15, 0.2) is 42.5 Å². The minimum atomic E-state index is -1.13. The van der Waals surface area contributed by atoms with E-state index in [9.17, 15) is 15.0 Å². The number of aliphatic carboxylic acids is 1. The summed E-state index contributed by atoms with van der Waals surface area (Å²) >= 11 is 12.1. The van der Waals surface area contributed by atoms with Crippen molar-refractivity contribution in [2.75, 3.05) is 0 Å². The van der Waals surface area contributed by atoms with Crippen LogP contribution in [0.4, 0.5) is 0 Å². The highest BCUT2D eigenvalue weighted by Crippen LogP contribution is 2.30. The molecule has 0 unspecified atom stereocenters. The van der Waals surface area contributed by atoms with Gasteiger partial charge in [0.05, 0.1) is 5.57 Å². The van der Waals surface area contributed by atoms with Crippen LogP contribution in [0.1, 0.15) is 11.1 Å². The molecule has 5 heteroatoms. The molecule has 0 saturated heterocycles. The zero-order valence-electron chi connectivity index (χ0n) is 10.2. The van der Waals surface area contributed by atoms with E-state index in [1.165, 1.54) is 18.2 Å².